The van der Waals surface area contributed by atoms with Crippen molar-refractivity contribution in [2.75, 3.05) is 19.8 Å². The molecule has 1 heterocycles. The molecule has 0 bridgehead atoms. The van der Waals surface area contributed by atoms with Gasteiger partial charge in [0.05, 0.1) is 24.2 Å². The average molecular weight is 296 g/mol. The average Bonchev–Trinajstić information content (AvgIpc) is 2.55. The topological polar surface area (TPSA) is 30.5 Å². The summed E-state index contributed by atoms with van der Waals surface area (Å²) in [5, 5.41) is 3.15. The molecule has 90 valence electrons. The second kappa shape index (κ2) is 5.95. The number of ether oxygens (including phenoxy) is 2. The molecule has 1 N–H and O–H groups in total. The van der Waals surface area contributed by atoms with Crippen molar-refractivity contribution >= 4 is 15.9 Å². The summed E-state index contributed by atoms with van der Waals surface area (Å²) in [6.45, 7) is 2.67. The highest BCUT2D eigenvalue weighted by Crippen LogP contribution is 2.38. The number of nitrogens with one attached hydrogen (secondary N) is 1. The van der Waals surface area contributed by atoms with Gasteiger partial charge in [-0.15, -0.1) is 6.42 Å². The van der Waals surface area contributed by atoms with Gasteiger partial charge in [-0.05, 0) is 33.6 Å². The van der Waals surface area contributed by atoms with Gasteiger partial charge in [-0.3, -0.25) is 0 Å². The Kier molecular flexibility index (Phi) is 4.29. The first-order valence-corrected chi connectivity index (χ1v) is 6.33. The smallest absolute Gasteiger partial charge is 0.175 e. The number of rotatable bonds is 3. The molecule has 0 aromatic heterocycles. The summed E-state index contributed by atoms with van der Waals surface area (Å²) in [5.74, 6) is 4.14. The molecule has 17 heavy (non-hydrogen) atoms. The third-order valence-electron chi connectivity index (χ3n) is 2.42. The molecule has 0 saturated heterocycles. The number of fused-ring (bicyclic) bond motifs is 1. The first-order chi connectivity index (χ1) is 8.31. The van der Waals surface area contributed by atoms with Gasteiger partial charge in [-0.25, -0.2) is 0 Å². The lowest BCUT2D eigenvalue weighted by molar-refractivity contribution is 0.296. The van der Waals surface area contributed by atoms with Crippen LogP contribution in [-0.4, -0.2) is 19.8 Å². The van der Waals surface area contributed by atoms with Crippen LogP contribution in [0.5, 0.6) is 11.5 Å². The summed E-state index contributed by atoms with van der Waals surface area (Å²) in [7, 11) is 0. The Morgan fingerprint density at radius 3 is 3.00 bits per heavy atom. The van der Waals surface area contributed by atoms with Crippen molar-refractivity contribution in [3.8, 4) is 23.8 Å². The van der Waals surface area contributed by atoms with Crippen LogP contribution in [0, 0.1) is 12.3 Å². The maximum Gasteiger partial charge on any atom is 0.175 e. The van der Waals surface area contributed by atoms with E-state index in [1.165, 1.54) is 0 Å². The molecule has 1 aromatic rings. The van der Waals surface area contributed by atoms with Crippen LogP contribution in [0.1, 0.15) is 12.0 Å². The van der Waals surface area contributed by atoms with Crippen LogP contribution in [0.15, 0.2) is 16.6 Å². The fourth-order valence-electron chi connectivity index (χ4n) is 1.67. The molecular formula is C13H14BrNO2. The predicted octanol–water partition coefficient (Wildman–Crippen LogP) is 2.33. The van der Waals surface area contributed by atoms with Gasteiger partial charge in [0.25, 0.3) is 0 Å². The van der Waals surface area contributed by atoms with Crippen molar-refractivity contribution in [3.63, 3.8) is 0 Å². The van der Waals surface area contributed by atoms with E-state index in [9.17, 15) is 0 Å². The Bertz CT molecular complexity index is 440. The molecule has 4 heteroatoms. The Morgan fingerprint density at radius 1 is 1.35 bits per heavy atom. The molecule has 1 aliphatic rings. The van der Waals surface area contributed by atoms with Gasteiger partial charge < -0.3 is 14.8 Å². The molecule has 0 aliphatic carbocycles. The van der Waals surface area contributed by atoms with E-state index in [0.717, 1.165) is 34.5 Å². The van der Waals surface area contributed by atoms with E-state index in [2.05, 4.69) is 27.2 Å². The van der Waals surface area contributed by atoms with E-state index in [1.54, 1.807) is 0 Å². The summed E-state index contributed by atoms with van der Waals surface area (Å²) >= 11 is 3.50. The van der Waals surface area contributed by atoms with Crippen LogP contribution in [-0.2, 0) is 6.54 Å². The zero-order valence-corrected chi connectivity index (χ0v) is 11.0. The monoisotopic (exact) mass is 295 g/mol. The number of hydrogen-bond donors (Lipinski definition) is 1. The highest BCUT2D eigenvalue weighted by Gasteiger charge is 2.14. The first kappa shape index (κ1) is 12.3. The van der Waals surface area contributed by atoms with Crippen molar-refractivity contribution in [2.24, 2.45) is 0 Å². The summed E-state index contributed by atoms with van der Waals surface area (Å²) in [4.78, 5) is 0. The lowest BCUT2D eigenvalue weighted by Crippen LogP contribution is -2.13. The van der Waals surface area contributed by atoms with E-state index in [0.29, 0.717) is 19.8 Å². The Labute approximate surface area is 110 Å². The van der Waals surface area contributed by atoms with Crippen molar-refractivity contribution in [1.82, 2.24) is 5.32 Å². The van der Waals surface area contributed by atoms with Crippen LogP contribution in [0.4, 0.5) is 0 Å². The van der Waals surface area contributed by atoms with Crippen molar-refractivity contribution in [1.29, 1.82) is 0 Å². The number of terminal acetylenes is 1. The molecule has 1 aliphatic heterocycles. The Balaban J connectivity index is 2.17. The molecule has 0 amide bonds. The molecule has 3 nitrogen and oxygen atoms in total. The first-order valence-electron chi connectivity index (χ1n) is 5.53. The van der Waals surface area contributed by atoms with Crippen LogP contribution >= 0.6 is 15.9 Å². The zero-order chi connectivity index (χ0) is 12.1. The van der Waals surface area contributed by atoms with Gasteiger partial charge in [0.15, 0.2) is 11.5 Å². The molecule has 1 aromatic carbocycles. The summed E-state index contributed by atoms with van der Waals surface area (Å²) in [6, 6.07) is 4.02. The van der Waals surface area contributed by atoms with Crippen molar-refractivity contribution in [2.45, 2.75) is 13.0 Å². The van der Waals surface area contributed by atoms with Gasteiger partial charge in [0.1, 0.15) is 0 Å². The summed E-state index contributed by atoms with van der Waals surface area (Å²) in [5.41, 5.74) is 1.12. The Morgan fingerprint density at radius 2 is 2.18 bits per heavy atom. The van der Waals surface area contributed by atoms with Crippen LogP contribution in [0.2, 0.25) is 0 Å². The van der Waals surface area contributed by atoms with Crippen molar-refractivity contribution < 1.29 is 9.47 Å². The molecule has 0 unspecified atom stereocenters. The molecule has 0 radical (unpaired) electrons. The molecule has 0 saturated carbocycles. The fourth-order valence-corrected chi connectivity index (χ4v) is 2.27. The molecular weight excluding hydrogens is 282 g/mol. The maximum absolute atomic E-state index is 5.65. The van der Waals surface area contributed by atoms with Crippen LogP contribution < -0.4 is 14.8 Å². The highest BCUT2D eigenvalue weighted by atomic mass is 79.9. The predicted molar refractivity (Wildman–Crippen MR) is 70.3 cm³/mol. The third kappa shape index (κ3) is 3.15. The van der Waals surface area contributed by atoms with E-state index < -0.39 is 0 Å². The van der Waals surface area contributed by atoms with Gasteiger partial charge in [0, 0.05) is 13.0 Å². The minimum Gasteiger partial charge on any atom is -0.490 e. The van der Waals surface area contributed by atoms with Crippen molar-refractivity contribution in [3.05, 3.63) is 22.2 Å². The van der Waals surface area contributed by atoms with Gasteiger partial charge >= 0.3 is 0 Å². The Hall–Kier alpha value is -1.18. The zero-order valence-electron chi connectivity index (χ0n) is 9.46. The van der Waals surface area contributed by atoms with Crippen LogP contribution in [0.3, 0.4) is 0 Å². The second-order valence-electron chi connectivity index (χ2n) is 3.76. The quantitative estimate of drug-likeness (QED) is 0.686. The number of benzene rings is 1. The summed E-state index contributed by atoms with van der Waals surface area (Å²) in [6.07, 6.45) is 6.10. The van der Waals surface area contributed by atoms with E-state index in [4.69, 9.17) is 15.9 Å². The van der Waals surface area contributed by atoms with E-state index in [1.807, 2.05) is 12.1 Å². The van der Waals surface area contributed by atoms with Gasteiger partial charge in [-0.2, -0.15) is 0 Å². The lowest BCUT2D eigenvalue weighted by atomic mass is 10.2. The third-order valence-corrected chi connectivity index (χ3v) is 3.01. The maximum atomic E-state index is 5.65. The summed E-state index contributed by atoms with van der Waals surface area (Å²) < 4.78 is 12.2. The molecule has 0 spiro atoms. The SMILES string of the molecule is C#CCNCc1cc(Br)c2c(c1)OCCCO2. The molecule has 0 fully saturated rings. The molecule has 2 rings (SSSR count). The van der Waals surface area contributed by atoms with Gasteiger partial charge in [-0.1, -0.05) is 5.92 Å². The minimum atomic E-state index is 0.562. The number of halogens is 1. The van der Waals surface area contributed by atoms with Crippen LogP contribution in [0.25, 0.3) is 0 Å². The molecule has 0 atom stereocenters. The lowest BCUT2D eigenvalue weighted by Gasteiger charge is -2.11. The highest BCUT2D eigenvalue weighted by molar-refractivity contribution is 9.10. The standard InChI is InChI=1S/C13H14BrNO2/c1-2-4-15-9-10-7-11(14)13-12(8-10)16-5-3-6-17-13/h1,7-8,15H,3-6,9H2. The second-order valence-corrected chi connectivity index (χ2v) is 4.62. The fraction of sp³-hybridized carbons (Fsp3) is 0.385. The van der Waals surface area contributed by atoms with E-state index >= 15 is 0 Å². The largest absolute Gasteiger partial charge is 0.490 e. The normalized spacial score (nSPS) is 13.9. The van der Waals surface area contributed by atoms with Gasteiger partial charge in [0.2, 0.25) is 0 Å². The van der Waals surface area contributed by atoms with E-state index in [-0.39, 0.29) is 0 Å². The minimum absolute atomic E-state index is 0.562. The number of hydrogen-bond acceptors (Lipinski definition) is 3.